The summed E-state index contributed by atoms with van der Waals surface area (Å²) in [4.78, 5) is 4.27. The van der Waals surface area contributed by atoms with Crippen molar-refractivity contribution in [2.45, 2.75) is 75.7 Å². The van der Waals surface area contributed by atoms with Gasteiger partial charge in [-0.3, -0.25) is 0 Å². The molecule has 0 bridgehead atoms. The van der Waals surface area contributed by atoms with Gasteiger partial charge < -0.3 is 34.6 Å². The molecule has 2 aromatic rings. The van der Waals surface area contributed by atoms with Gasteiger partial charge in [-0.15, -0.1) is 0 Å². The molecule has 0 spiro atoms. The topological polar surface area (TPSA) is 122 Å². The molecule has 33 heavy (non-hydrogen) atoms. The Morgan fingerprint density at radius 3 is 2.30 bits per heavy atom. The van der Waals surface area contributed by atoms with Gasteiger partial charge in [0.1, 0.15) is 35.3 Å². The molecule has 1 aliphatic rings. The second-order valence-corrected chi connectivity index (χ2v) is 8.76. The Bertz CT molecular complexity index is 855. The van der Waals surface area contributed by atoms with Crippen molar-refractivity contribution < 1.29 is 34.6 Å². The quantitative estimate of drug-likeness (QED) is 0.253. The van der Waals surface area contributed by atoms with Gasteiger partial charge in [-0.1, -0.05) is 43.7 Å². The van der Waals surface area contributed by atoms with Crippen molar-refractivity contribution in [2.75, 3.05) is 19.8 Å². The normalized spacial score (nSPS) is 25.4. The predicted molar refractivity (Wildman–Crippen MR) is 124 cm³/mol. The average Bonchev–Trinajstić information content (AvgIpc) is 2.81. The van der Waals surface area contributed by atoms with Crippen molar-refractivity contribution >= 4 is 22.5 Å². The van der Waals surface area contributed by atoms with Gasteiger partial charge in [-0.05, 0) is 43.2 Å². The van der Waals surface area contributed by atoms with Gasteiger partial charge >= 0.3 is 0 Å². The van der Waals surface area contributed by atoms with Crippen molar-refractivity contribution in [1.29, 1.82) is 0 Å². The molecule has 0 saturated carbocycles. The lowest BCUT2D eigenvalue weighted by Crippen LogP contribution is -2.59. The number of halogens is 1. The monoisotopic (exact) mass is 483 g/mol. The number of ether oxygens (including phenoxy) is 3. The van der Waals surface area contributed by atoms with E-state index in [-0.39, 0.29) is 0 Å². The van der Waals surface area contributed by atoms with Crippen molar-refractivity contribution in [1.82, 2.24) is 4.98 Å². The lowest BCUT2D eigenvalue weighted by atomic mass is 9.99. The van der Waals surface area contributed by atoms with Gasteiger partial charge in [0.15, 0.2) is 6.29 Å². The van der Waals surface area contributed by atoms with Crippen LogP contribution < -0.4 is 4.74 Å². The van der Waals surface area contributed by atoms with E-state index in [9.17, 15) is 20.4 Å². The number of hydrogen-bond acceptors (Lipinski definition) is 8. The molecule has 3 rings (SSSR count). The van der Waals surface area contributed by atoms with Crippen LogP contribution in [-0.4, -0.2) is 75.9 Å². The number of unbranched alkanes of at least 4 members (excludes halogenated alkanes) is 6. The fraction of sp³-hybridized carbons (Fsp3) is 0.625. The first-order chi connectivity index (χ1) is 16.0. The summed E-state index contributed by atoms with van der Waals surface area (Å²) in [5.74, 6) is 0.837. The summed E-state index contributed by atoms with van der Waals surface area (Å²) in [6.07, 6.45) is 1.27. The first-order valence-corrected chi connectivity index (χ1v) is 12.0. The Balaban J connectivity index is 1.20. The van der Waals surface area contributed by atoms with E-state index in [4.69, 9.17) is 25.8 Å². The maximum atomic E-state index is 10.1. The summed E-state index contributed by atoms with van der Waals surface area (Å²) in [7, 11) is 0. The van der Waals surface area contributed by atoms with Crippen LogP contribution in [0, 0.1) is 0 Å². The molecule has 1 fully saturated rings. The van der Waals surface area contributed by atoms with Crippen LogP contribution in [0.3, 0.4) is 0 Å². The summed E-state index contributed by atoms with van der Waals surface area (Å²) in [5.41, 5.74) is 0.854. The van der Waals surface area contributed by atoms with Crippen LogP contribution in [0.1, 0.15) is 44.9 Å². The molecule has 4 N–H and O–H groups in total. The van der Waals surface area contributed by atoms with E-state index in [0.29, 0.717) is 18.4 Å². The molecule has 2 heterocycles. The summed E-state index contributed by atoms with van der Waals surface area (Å²) in [6.45, 7) is 0.590. The minimum absolute atomic E-state index is 0.366. The summed E-state index contributed by atoms with van der Waals surface area (Å²) in [6, 6.07) is 9.51. The van der Waals surface area contributed by atoms with E-state index in [1.54, 1.807) is 6.07 Å². The molecule has 1 saturated heterocycles. The molecule has 1 aromatic carbocycles. The first-order valence-electron chi connectivity index (χ1n) is 11.6. The Morgan fingerprint density at radius 2 is 1.58 bits per heavy atom. The van der Waals surface area contributed by atoms with Crippen LogP contribution in [0.4, 0.5) is 0 Å². The van der Waals surface area contributed by atoms with E-state index < -0.39 is 37.3 Å². The highest BCUT2D eigenvalue weighted by Gasteiger charge is 2.44. The third-order valence-corrected chi connectivity index (χ3v) is 6.05. The van der Waals surface area contributed by atoms with Crippen molar-refractivity contribution in [3.8, 4) is 5.75 Å². The number of aliphatic hydroxyl groups excluding tert-OH is 4. The van der Waals surface area contributed by atoms with Crippen LogP contribution in [0.2, 0.25) is 5.15 Å². The molecule has 0 radical (unpaired) electrons. The molecule has 0 aliphatic carbocycles. The maximum absolute atomic E-state index is 10.1. The molecule has 0 amide bonds. The zero-order chi connectivity index (χ0) is 23.6. The van der Waals surface area contributed by atoms with Crippen molar-refractivity contribution in [3.05, 3.63) is 35.5 Å². The second-order valence-electron chi connectivity index (χ2n) is 8.38. The SMILES string of the molecule is OC[C@@H]1OC(O)[C@@H](O)[C@H](OCCCCCCCCCOc2ccc3nc(Cl)ccc3c2)[C@H]1O. The smallest absolute Gasteiger partial charge is 0.184 e. The first kappa shape index (κ1) is 26.1. The van der Waals surface area contributed by atoms with E-state index in [2.05, 4.69) is 4.98 Å². The zero-order valence-electron chi connectivity index (χ0n) is 18.7. The van der Waals surface area contributed by atoms with Gasteiger partial charge in [0, 0.05) is 12.0 Å². The minimum atomic E-state index is -1.48. The van der Waals surface area contributed by atoms with Crippen LogP contribution in [-0.2, 0) is 9.47 Å². The lowest BCUT2D eigenvalue weighted by molar-refractivity contribution is -0.294. The summed E-state index contributed by atoms with van der Waals surface area (Å²) >= 11 is 5.91. The Labute approximate surface area is 199 Å². The molecule has 9 heteroatoms. The highest BCUT2D eigenvalue weighted by molar-refractivity contribution is 6.29. The summed E-state index contributed by atoms with van der Waals surface area (Å²) < 4.78 is 16.4. The van der Waals surface area contributed by atoms with Gasteiger partial charge in [0.25, 0.3) is 0 Å². The number of aliphatic hydroxyl groups is 4. The van der Waals surface area contributed by atoms with Crippen LogP contribution >= 0.6 is 11.6 Å². The average molecular weight is 484 g/mol. The second kappa shape index (κ2) is 13.4. The molecule has 1 aromatic heterocycles. The number of nitrogens with zero attached hydrogens (tertiary/aromatic N) is 1. The van der Waals surface area contributed by atoms with E-state index >= 15 is 0 Å². The maximum Gasteiger partial charge on any atom is 0.184 e. The Kier molecular flexibility index (Phi) is 10.6. The lowest BCUT2D eigenvalue weighted by Gasteiger charge is -2.39. The molecule has 1 unspecified atom stereocenters. The predicted octanol–water partition coefficient (Wildman–Crippen LogP) is 2.81. The number of fused-ring (bicyclic) bond motifs is 1. The number of rotatable bonds is 13. The number of aromatic nitrogens is 1. The van der Waals surface area contributed by atoms with Crippen molar-refractivity contribution in [2.24, 2.45) is 0 Å². The number of hydrogen-bond donors (Lipinski definition) is 4. The largest absolute Gasteiger partial charge is 0.494 e. The summed E-state index contributed by atoms with van der Waals surface area (Å²) in [5, 5.41) is 40.4. The third kappa shape index (κ3) is 7.75. The number of benzene rings is 1. The highest BCUT2D eigenvalue weighted by Crippen LogP contribution is 2.23. The molecule has 1 aliphatic heterocycles. The highest BCUT2D eigenvalue weighted by atomic mass is 35.5. The van der Waals surface area contributed by atoms with Crippen LogP contribution in [0.15, 0.2) is 30.3 Å². The van der Waals surface area contributed by atoms with Crippen molar-refractivity contribution in [3.63, 3.8) is 0 Å². The minimum Gasteiger partial charge on any atom is -0.494 e. The fourth-order valence-electron chi connectivity index (χ4n) is 3.93. The molecule has 8 nitrogen and oxygen atoms in total. The standard InChI is InChI=1S/C24H34ClNO7/c25-20-11-8-16-14-17(9-10-18(16)26-20)31-12-6-4-2-1-3-5-7-13-32-23-21(28)19(15-27)33-24(30)22(23)29/h8-11,14,19,21-24,27-30H,1-7,12-13,15H2/t19-,21-,22-,23+,24?/m0/s1. The van der Waals surface area contributed by atoms with Gasteiger partial charge in [0.2, 0.25) is 0 Å². The van der Waals surface area contributed by atoms with Gasteiger partial charge in [-0.25, -0.2) is 4.98 Å². The van der Waals surface area contributed by atoms with E-state index in [1.165, 1.54) is 0 Å². The third-order valence-electron chi connectivity index (χ3n) is 5.83. The molecular weight excluding hydrogens is 450 g/mol. The Hall–Kier alpha value is -1.52. The molecule has 184 valence electrons. The van der Waals surface area contributed by atoms with Gasteiger partial charge in [-0.2, -0.15) is 0 Å². The van der Waals surface area contributed by atoms with E-state index in [1.807, 2.05) is 24.3 Å². The fourth-order valence-corrected chi connectivity index (χ4v) is 4.08. The molecular formula is C24H34ClNO7. The van der Waals surface area contributed by atoms with Crippen LogP contribution in [0.25, 0.3) is 10.9 Å². The van der Waals surface area contributed by atoms with Crippen LogP contribution in [0.5, 0.6) is 5.75 Å². The Morgan fingerprint density at radius 1 is 0.879 bits per heavy atom. The number of pyridine rings is 1. The zero-order valence-corrected chi connectivity index (χ0v) is 19.4. The van der Waals surface area contributed by atoms with Gasteiger partial charge in [0.05, 0.1) is 18.7 Å². The molecule has 5 atom stereocenters. The van der Waals surface area contributed by atoms with E-state index in [0.717, 1.165) is 61.6 Å².